The molecule has 0 aliphatic heterocycles. The van der Waals surface area contributed by atoms with Crippen molar-refractivity contribution in [2.75, 3.05) is 0 Å². The average Bonchev–Trinajstić information content (AvgIpc) is 2.64. The quantitative estimate of drug-likeness (QED) is 0.281. The third-order valence-corrected chi connectivity index (χ3v) is 4.40. The highest BCUT2D eigenvalue weighted by Gasteiger charge is 2.07. The highest BCUT2D eigenvalue weighted by atomic mass is 79.9. The van der Waals surface area contributed by atoms with Gasteiger partial charge in [0.2, 0.25) is 0 Å². The van der Waals surface area contributed by atoms with Crippen molar-refractivity contribution in [3.8, 4) is 16.9 Å². The molecule has 0 atom stereocenters. The molecule has 3 rings (SSSR count). The minimum atomic E-state index is -0.442. The minimum Gasteiger partial charge on any atom is -0.422 e. The summed E-state index contributed by atoms with van der Waals surface area (Å²) in [6.07, 6.45) is 3.08. The number of rotatable bonds is 4. The number of esters is 1. The first-order valence-corrected chi connectivity index (χ1v) is 8.79. The number of hydrogen-bond acceptors (Lipinski definition) is 2. The van der Waals surface area contributed by atoms with E-state index in [1.165, 1.54) is 6.08 Å². The Morgan fingerprint density at radius 2 is 1.64 bits per heavy atom. The molecule has 0 bridgehead atoms. The van der Waals surface area contributed by atoms with Crippen LogP contribution in [0.4, 0.5) is 0 Å². The zero-order valence-corrected chi connectivity index (χ0v) is 15.5. The maximum Gasteiger partial charge on any atom is 0.336 e. The summed E-state index contributed by atoms with van der Waals surface area (Å²) in [5, 5.41) is 0.655. The van der Waals surface area contributed by atoms with Crippen LogP contribution in [-0.4, -0.2) is 5.97 Å². The third kappa shape index (κ3) is 4.81. The van der Waals surface area contributed by atoms with Gasteiger partial charge in [-0.05, 0) is 63.0 Å². The normalized spacial score (nSPS) is 10.8. The van der Waals surface area contributed by atoms with Crippen molar-refractivity contribution >= 4 is 39.6 Å². The van der Waals surface area contributed by atoms with Gasteiger partial charge < -0.3 is 4.74 Å². The molecule has 0 saturated heterocycles. The van der Waals surface area contributed by atoms with Crippen molar-refractivity contribution in [1.29, 1.82) is 0 Å². The number of carbonyl (C=O) groups is 1. The zero-order valence-electron chi connectivity index (χ0n) is 13.2. The Kier molecular flexibility index (Phi) is 5.69. The summed E-state index contributed by atoms with van der Waals surface area (Å²) < 4.78 is 6.11. The molecule has 3 aromatic carbocycles. The fraction of sp³-hybridized carbons (Fsp3) is 0. The number of carbonyl (C=O) groups excluding carboxylic acids is 1. The van der Waals surface area contributed by atoms with E-state index in [4.69, 9.17) is 16.3 Å². The van der Waals surface area contributed by atoms with Crippen molar-refractivity contribution in [3.05, 3.63) is 93.9 Å². The lowest BCUT2D eigenvalue weighted by molar-refractivity contribution is -0.128. The Morgan fingerprint density at radius 1 is 0.920 bits per heavy atom. The molecule has 0 aliphatic carbocycles. The maximum atomic E-state index is 12.0. The van der Waals surface area contributed by atoms with Crippen LogP contribution in [0.2, 0.25) is 5.02 Å². The summed E-state index contributed by atoms with van der Waals surface area (Å²) in [7, 11) is 0. The number of benzene rings is 3. The van der Waals surface area contributed by atoms with Gasteiger partial charge in [-0.1, -0.05) is 60.1 Å². The van der Waals surface area contributed by atoms with E-state index >= 15 is 0 Å². The van der Waals surface area contributed by atoms with E-state index in [0.29, 0.717) is 10.8 Å². The summed E-state index contributed by atoms with van der Waals surface area (Å²) in [5.74, 6) is 0.0357. The Balaban J connectivity index is 1.70. The predicted octanol–water partition coefficient (Wildman–Crippen LogP) is 6.39. The summed E-state index contributed by atoms with van der Waals surface area (Å²) >= 11 is 9.30. The van der Waals surface area contributed by atoms with Crippen LogP contribution in [0.5, 0.6) is 5.75 Å². The molecule has 124 valence electrons. The second-order valence-corrected chi connectivity index (χ2v) is 6.61. The molecular weight excluding hydrogens is 400 g/mol. The standard InChI is InChI=1S/C21H14BrClO2/c22-19-14-17(16-4-2-1-3-5-16)9-12-20(19)25-21(24)13-8-15-6-10-18(23)11-7-15/h1-14H/b13-8+. The van der Waals surface area contributed by atoms with Gasteiger partial charge in [-0.2, -0.15) is 0 Å². The van der Waals surface area contributed by atoms with Crippen LogP contribution in [-0.2, 0) is 4.79 Å². The first-order chi connectivity index (χ1) is 12.1. The van der Waals surface area contributed by atoms with Gasteiger partial charge >= 0.3 is 5.97 Å². The molecule has 25 heavy (non-hydrogen) atoms. The van der Waals surface area contributed by atoms with Gasteiger partial charge in [0.1, 0.15) is 5.75 Å². The van der Waals surface area contributed by atoms with Crippen LogP contribution in [0.3, 0.4) is 0 Å². The lowest BCUT2D eigenvalue weighted by Crippen LogP contribution is -2.04. The fourth-order valence-corrected chi connectivity index (χ4v) is 2.86. The molecular formula is C21H14BrClO2. The topological polar surface area (TPSA) is 26.3 Å². The molecule has 3 aromatic rings. The second kappa shape index (κ2) is 8.15. The van der Waals surface area contributed by atoms with E-state index in [0.717, 1.165) is 21.2 Å². The Labute approximate surface area is 159 Å². The molecule has 0 radical (unpaired) electrons. The second-order valence-electron chi connectivity index (χ2n) is 5.32. The predicted molar refractivity (Wildman–Crippen MR) is 106 cm³/mol. The van der Waals surface area contributed by atoms with Crippen molar-refractivity contribution in [3.63, 3.8) is 0 Å². The van der Waals surface area contributed by atoms with E-state index in [1.54, 1.807) is 24.3 Å². The number of ether oxygens (including phenoxy) is 1. The fourth-order valence-electron chi connectivity index (χ4n) is 2.27. The Morgan fingerprint density at radius 3 is 2.32 bits per heavy atom. The number of hydrogen-bond donors (Lipinski definition) is 0. The molecule has 0 heterocycles. The van der Waals surface area contributed by atoms with Crippen LogP contribution < -0.4 is 4.74 Å². The summed E-state index contributed by atoms with van der Waals surface area (Å²) in [6, 6.07) is 22.8. The molecule has 0 N–H and O–H groups in total. The van der Waals surface area contributed by atoms with Gasteiger partial charge in [0.05, 0.1) is 4.47 Å². The molecule has 0 spiro atoms. The SMILES string of the molecule is O=C(/C=C/c1ccc(Cl)cc1)Oc1ccc(-c2ccccc2)cc1Br. The first-order valence-electron chi connectivity index (χ1n) is 7.62. The smallest absolute Gasteiger partial charge is 0.336 e. The first kappa shape index (κ1) is 17.5. The lowest BCUT2D eigenvalue weighted by atomic mass is 10.1. The zero-order chi connectivity index (χ0) is 17.6. The molecule has 0 fully saturated rings. The molecule has 0 saturated carbocycles. The third-order valence-electron chi connectivity index (χ3n) is 3.53. The summed E-state index contributed by atoms with van der Waals surface area (Å²) in [4.78, 5) is 12.0. The van der Waals surface area contributed by atoms with Gasteiger partial charge in [0.15, 0.2) is 0 Å². The molecule has 0 unspecified atom stereocenters. The monoisotopic (exact) mass is 412 g/mol. The number of halogens is 2. The van der Waals surface area contributed by atoms with Gasteiger partial charge in [-0.15, -0.1) is 0 Å². The van der Waals surface area contributed by atoms with Gasteiger partial charge in [0, 0.05) is 11.1 Å². The molecule has 0 aromatic heterocycles. The van der Waals surface area contributed by atoms with Crippen molar-refractivity contribution in [1.82, 2.24) is 0 Å². The summed E-state index contributed by atoms with van der Waals surface area (Å²) in [6.45, 7) is 0. The lowest BCUT2D eigenvalue weighted by Gasteiger charge is -2.07. The Bertz CT molecular complexity index is 903. The molecule has 2 nitrogen and oxygen atoms in total. The average molecular weight is 414 g/mol. The van der Waals surface area contributed by atoms with Crippen LogP contribution in [0, 0.1) is 0 Å². The minimum absolute atomic E-state index is 0.442. The molecule has 4 heteroatoms. The van der Waals surface area contributed by atoms with Crippen molar-refractivity contribution < 1.29 is 9.53 Å². The van der Waals surface area contributed by atoms with Crippen molar-refractivity contribution in [2.45, 2.75) is 0 Å². The van der Waals surface area contributed by atoms with E-state index < -0.39 is 5.97 Å². The van der Waals surface area contributed by atoms with E-state index in [-0.39, 0.29) is 0 Å². The van der Waals surface area contributed by atoms with Crippen molar-refractivity contribution in [2.24, 2.45) is 0 Å². The van der Waals surface area contributed by atoms with Crippen LogP contribution in [0.25, 0.3) is 17.2 Å². The van der Waals surface area contributed by atoms with Crippen LogP contribution in [0.15, 0.2) is 83.3 Å². The summed E-state index contributed by atoms with van der Waals surface area (Å²) in [5.41, 5.74) is 3.02. The highest BCUT2D eigenvalue weighted by Crippen LogP contribution is 2.30. The Hall–Kier alpha value is -2.36. The van der Waals surface area contributed by atoms with E-state index in [2.05, 4.69) is 15.9 Å². The maximum absolute atomic E-state index is 12.0. The highest BCUT2D eigenvalue weighted by molar-refractivity contribution is 9.10. The van der Waals surface area contributed by atoms with Gasteiger partial charge in [-0.25, -0.2) is 4.79 Å². The van der Waals surface area contributed by atoms with Gasteiger partial charge in [0.25, 0.3) is 0 Å². The van der Waals surface area contributed by atoms with Crippen LogP contribution in [0.1, 0.15) is 5.56 Å². The largest absolute Gasteiger partial charge is 0.422 e. The van der Waals surface area contributed by atoms with E-state index in [1.807, 2.05) is 54.6 Å². The molecule has 0 aliphatic rings. The molecule has 0 amide bonds. The van der Waals surface area contributed by atoms with E-state index in [9.17, 15) is 4.79 Å². The van der Waals surface area contributed by atoms with Gasteiger partial charge in [-0.3, -0.25) is 0 Å². The van der Waals surface area contributed by atoms with Crippen LogP contribution >= 0.6 is 27.5 Å².